The van der Waals surface area contributed by atoms with E-state index in [-0.39, 0.29) is 49.2 Å². The van der Waals surface area contributed by atoms with Gasteiger partial charge in [-0.2, -0.15) is 0 Å². The number of carboxylic acid groups (broad SMARTS) is 1. The second-order valence-corrected chi connectivity index (χ2v) is 35.3. The molecule has 10 heterocycles. The van der Waals surface area contributed by atoms with E-state index in [0.717, 1.165) is 98.4 Å². The molecule has 7 atom stereocenters. The molecule has 21 rings (SSSR count). The van der Waals surface area contributed by atoms with Gasteiger partial charge in [0.25, 0.3) is 0 Å². The largest absolute Gasteiger partial charge is 0.481 e. The van der Waals surface area contributed by atoms with Crippen molar-refractivity contribution >= 4 is 97.1 Å². The van der Waals surface area contributed by atoms with Gasteiger partial charge in [-0.1, -0.05) is 238 Å². The molecule has 7 unspecified atom stereocenters. The van der Waals surface area contributed by atoms with Gasteiger partial charge < -0.3 is 67.7 Å². The normalized spacial score (nSPS) is 16.2. The van der Waals surface area contributed by atoms with Gasteiger partial charge in [0, 0.05) is 68.0 Å². The van der Waals surface area contributed by atoms with Crippen molar-refractivity contribution in [2.75, 3.05) is 26.2 Å². The molecule has 0 bridgehead atoms. The number of carboxylic acids is 1. The fraction of sp³-hybridized carbons (Fsp3) is 0.222. The van der Waals surface area contributed by atoms with Crippen molar-refractivity contribution in [2.45, 2.75) is 129 Å². The summed E-state index contributed by atoms with van der Waals surface area (Å²) in [6.07, 6.45) is 1.14. The van der Waals surface area contributed by atoms with Crippen LogP contribution in [0.2, 0.25) is 20.1 Å². The van der Waals surface area contributed by atoms with Crippen molar-refractivity contribution < 1.29 is 61.6 Å². The van der Waals surface area contributed by atoms with E-state index in [4.69, 9.17) is 78.3 Å². The minimum atomic E-state index is -0.983. The SMILES string of the molecule is Cc1noc(C)c1C(O)c1cc2cc(CC(=O)N3CCc4cc(Cl)ccc4C3c3ccccc3)ccc2o1.Cc1noc(C)c1C(O)c1cc2cc(CC(=O)N3CCc4cccc(Cl)c4C3c3ccccc3)ccc2o1.Cc1noc(C)c1C(O)c1cc2cc(CC(=O)O)ccc2o1.Clc1ccc2c(c1)CCNC2c1ccccc1.Clc1cccc2c1C(c1ccccc1)NCC2. The van der Waals surface area contributed by atoms with Crippen LogP contribution in [0.25, 0.3) is 32.9 Å². The van der Waals surface area contributed by atoms with Crippen LogP contribution in [0.1, 0.15) is 194 Å². The fourth-order valence-corrected chi connectivity index (χ4v) is 19.6. The highest BCUT2D eigenvalue weighted by Crippen LogP contribution is 2.44. The first-order valence-electron chi connectivity index (χ1n) is 43.9. The zero-order valence-electron chi connectivity index (χ0n) is 73.4. The zero-order valence-corrected chi connectivity index (χ0v) is 76.5. The molecule has 4 aliphatic heterocycles. The molecule has 0 radical (unpaired) electrons. The Labute approximate surface area is 783 Å². The summed E-state index contributed by atoms with van der Waals surface area (Å²) in [5, 5.41) is 65.4. The van der Waals surface area contributed by atoms with Crippen molar-refractivity contribution in [3.63, 3.8) is 0 Å². The number of benzene rings is 11. The van der Waals surface area contributed by atoms with E-state index in [1.54, 1.807) is 65.8 Å². The molecular weight excluding hydrogens is 1750 g/mol. The molecular formula is C108H97Cl4N7O13. The lowest BCUT2D eigenvalue weighted by molar-refractivity contribution is -0.136. The van der Waals surface area contributed by atoms with Crippen LogP contribution < -0.4 is 10.6 Å². The minimum absolute atomic E-state index is 0.0308. The van der Waals surface area contributed by atoms with Crippen LogP contribution in [0.4, 0.5) is 0 Å². The Balaban J connectivity index is 0.000000120. The highest BCUT2D eigenvalue weighted by atomic mass is 35.5. The number of furan rings is 3. The summed E-state index contributed by atoms with van der Waals surface area (Å²) in [5.41, 5.74) is 22.5. The lowest BCUT2D eigenvalue weighted by atomic mass is 9.87. The number of nitrogens with zero attached hydrogens (tertiary/aromatic N) is 5. The van der Waals surface area contributed by atoms with Crippen LogP contribution in [-0.2, 0) is 59.3 Å². The average molecular weight is 1840 g/mol. The molecule has 11 aromatic carbocycles. The summed E-state index contributed by atoms with van der Waals surface area (Å²) in [7, 11) is 0. The molecule has 20 nitrogen and oxygen atoms in total. The van der Waals surface area contributed by atoms with Crippen LogP contribution in [0, 0.1) is 41.5 Å². The van der Waals surface area contributed by atoms with Gasteiger partial charge in [-0.25, -0.2) is 0 Å². The number of aliphatic hydroxyl groups is 3. The number of aliphatic hydroxyl groups excluding tert-OH is 3. The molecule has 6 aromatic heterocycles. The number of halogens is 4. The summed E-state index contributed by atoms with van der Waals surface area (Å²) < 4.78 is 33.0. The quantitative estimate of drug-likeness (QED) is 0.0524. The van der Waals surface area contributed by atoms with Gasteiger partial charge in [0.1, 0.15) is 69.6 Å². The number of hydrogen-bond acceptors (Lipinski definition) is 17. The van der Waals surface area contributed by atoms with E-state index in [1.807, 2.05) is 161 Å². The molecule has 670 valence electrons. The smallest absolute Gasteiger partial charge is 0.307 e. The molecule has 0 saturated heterocycles. The number of rotatable bonds is 16. The van der Waals surface area contributed by atoms with Crippen molar-refractivity contribution in [1.82, 2.24) is 35.9 Å². The summed E-state index contributed by atoms with van der Waals surface area (Å²) >= 11 is 25.4. The highest BCUT2D eigenvalue weighted by Gasteiger charge is 2.37. The third-order valence-electron chi connectivity index (χ3n) is 24.9. The van der Waals surface area contributed by atoms with Crippen LogP contribution in [0.5, 0.6) is 0 Å². The Kier molecular flexibility index (Phi) is 27.8. The fourth-order valence-electron chi connectivity index (χ4n) is 18.6. The van der Waals surface area contributed by atoms with Crippen LogP contribution >= 0.6 is 46.4 Å². The Morgan fingerprint density at radius 3 is 1.17 bits per heavy atom. The first kappa shape index (κ1) is 91.0. The molecule has 0 fully saturated rings. The zero-order chi connectivity index (χ0) is 92.0. The lowest BCUT2D eigenvalue weighted by Crippen LogP contribution is -2.41. The summed E-state index contributed by atoms with van der Waals surface area (Å²) in [6, 6.07) is 87.5. The number of amides is 2. The van der Waals surface area contributed by atoms with Gasteiger partial charge in [0.05, 0.1) is 77.2 Å². The van der Waals surface area contributed by atoms with Gasteiger partial charge in [0.15, 0.2) is 0 Å². The van der Waals surface area contributed by atoms with Gasteiger partial charge in [0.2, 0.25) is 11.8 Å². The maximum Gasteiger partial charge on any atom is 0.307 e. The van der Waals surface area contributed by atoms with Gasteiger partial charge in [-0.15, -0.1) is 0 Å². The third-order valence-corrected chi connectivity index (χ3v) is 26.0. The van der Waals surface area contributed by atoms with Crippen LogP contribution in [-0.4, -0.2) is 89.7 Å². The van der Waals surface area contributed by atoms with Crippen molar-refractivity contribution in [1.29, 1.82) is 0 Å². The van der Waals surface area contributed by atoms with Gasteiger partial charge >= 0.3 is 5.97 Å². The number of nitrogens with one attached hydrogen (secondary N) is 2. The topological polar surface area (TPSA) is 280 Å². The molecule has 6 N–H and O–H groups in total. The number of carbonyl (C=O) groups is 3. The summed E-state index contributed by atoms with van der Waals surface area (Å²) in [6.45, 7) is 13.8. The molecule has 17 aromatic rings. The van der Waals surface area contributed by atoms with Crippen molar-refractivity contribution in [2.24, 2.45) is 0 Å². The molecule has 2 amide bonds. The van der Waals surface area contributed by atoms with Crippen molar-refractivity contribution in [3.8, 4) is 0 Å². The van der Waals surface area contributed by atoms with E-state index in [1.165, 1.54) is 44.5 Å². The van der Waals surface area contributed by atoms with E-state index < -0.39 is 24.3 Å². The molecule has 0 aliphatic carbocycles. The first-order valence-corrected chi connectivity index (χ1v) is 45.4. The predicted octanol–water partition coefficient (Wildman–Crippen LogP) is 22.9. The Morgan fingerprint density at radius 2 is 0.742 bits per heavy atom. The third kappa shape index (κ3) is 20.0. The Bertz CT molecular complexity index is 6950. The first-order chi connectivity index (χ1) is 63.9. The van der Waals surface area contributed by atoms with E-state index in [2.05, 4.69) is 117 Å². The predicted molar refractivity (Wildman–Crippen MR) is 511 cm³/mol. The van der Waals surface area contributed by atoms with Crippen LogP contribution in [0.3, 0.4) is 0 Å². The van der Waals surface area contributed by atoms with E-state index in [0.29, 0.717) is 120 Å². The molecule has 0 spiro atoms. The molecule has 132 heavy (non-hydrogen) atoms. The number of hydrogen-bond donors (Lipinski definition) is 6. The van der Waals surface area contributed by atoms with Gasteiger partial charge in [-0.3, -0.25) is 14.4 Å². The standard InChI is InChI=1S/2C31H27ClN2O4.C16H15NO5.2C15H14ClN/c1-18-28(19(2)38-33-18)31(36)26-17-23-15-20(11-12-25(23)37-26)16-27(35)34-14-13-21-9-6-10-24(32)29(21)30(34)22-7-4-3-5-8-22;1-18-29(19(2)38-33-18)31(36)27-17-23-14-20(8-11-26(23)37-27)15-28(35)34-13-12-22-16-24(32)9-10-25(22)30(34)21-6-4-3-5-7-21;1-8-15(9(2)22-17-8)16(20)13-7-11-5-10(6-14(18)19)3-4-12(11)21-13;16-13-8-4-7-11-9-10-17-15(14(11)13)12-5-2-1-3-6-12;16-13-6-7-14-12(10-13)8-9-17-15(14)11-4-2-1-3-5-11/h3-12,15,17,30-31,36H,13-14,16H2,1-2H3;3-11,14,16-17,30-31,36H,12-13,15H2,1-2H3;3-5,7,16,20H,6H2,1-2H3,(H,18,19);1-8,15,17H,9-10H2;1-7,10,15,17H,8-9H2. The maximum absolute atomic E-state index is 13.8. The average Bonchev–Trinajstić information content (AvgIpc) is 1.44. The van der Waals surface area contributed by atoms with E-state index in [9.17, 15) is 29.7 Å². The maximum atomic E-state index is 13.8. The lowest BCUT2D eigenvalue weighted by Gasteiger charge is -2.38. The number of aliphatic carboxylic acids is 1. The molecule has 4 aliphatic rings. The molecule has 0 saturated carbocycles. The minimum Gasteiger partial charge on any atom is -0.481 e. The number of fused-ring (bicyclic) bond motifs is 7. The monoisotopic (exact) mass is 1840 g/mol. The van der Waals surface area contributed by atoms with E-state index >= 15 is 0 Å². The van der Waals surface area contributed by atoms with Crippen LogP contribution in [0.15, 0.2) is 294 Å². The second kappa shape index (κ2) is 40.4. The molecule has 24 heteroatoms. The summed E-state index contributed by atoms with van der Waals surface area (Å²) in [4.78, 5) is 42.2. The second-order valence-electron chi connectivity index (χ2n) is 33.6. The summed E-state index contributed by atoms with van der Waals surface area (Å²) in [5.74, 6) is 2.03. The highest BCUT2D eigenvalue weighted by molar-refractivity contribution is 6.32. The van der Waals surface area contributed by atoms with Crippen molar-refractivity contribution in [3.05, 3.63) is 439 Å². The van der Waals surface area contributed by atoms with Gasteiger partial charge in [-0.05, 0) is 236 Å². The Hall–Kier alpha value is -13.0. The number of aromatic nitrogens is 3. The number of carbonyl (C=O) groups excluding carboxylic acids is 2. The Morgan fingerprint density at radius 1 is 0.379 bits per heavy atom. The number of aryl methyl sites for hydroxylation is 6.